The van der Waals surface area contributed by atoms with Gasteiger partial charge < -0.3 is 14.6 Å². The van der Waals surface area contributed by atoms with Crippen LogP contribution in [-0.4, -0.2) is 24.8 Å². The lowest BCUT2D eigenvalue weighted by Gasteiger charge is -2.10. The van der Waals surface area contributed by atoms with Crippen LogP contribution < -0.4 is 4.74 Å². The number of aromatic hydroxyl groups is 1. The van der Waals surface area contributed by atoms with Crippen LogP contribution in [0, 0.1) is 5.82 Å². The first kappa shape index (κ1) is 13.3. The molecule has 0 atom stereocenters. The summed E-state index contributed by atoms with van der Waals surface area (Å²) < 4.78 is 23.0. The Morgan fingerprint density at radius 2 is 2.18 bits per heavy atom. The van der Waals surface area contributed by atoms with Gasteiger partial charge in [-0.1, -0.05) is 13.3 Å². The summed E-state index contributed by atoms with van der Waals surface area (Å²) in [4.78, 5) is 11.6. The molecular weight excluding hydrogens is 227 g/mol. The predicted molar refractivity (Wildman–Crippen MR) is 59.8 cm³/mol. The molecule has 0 aliphatic heterocycles. The second-order valence-corrected chi connectivity index (χ2v) is 3.46. The number of rotatable bonds is 5. The molecule has 0 aliphatic carbocycles. The van der Waals surface area contributed by atoms with Crippen LogP contribution in [0.4, 0.5) is 4.39 Å². The zero-order valence-electron chi connectivity index (χ0n) is 9.83. The standard InChI is InChI=1S/C12H15FO4/c1-3-4-7-17-12(15)10-9(14)6-5-8(13)11(10)16-2/h5-6,14H,3-4,7H2,1-2H3. The van der Waals surface area contributed by atoms with Gasteiger partial charge in [-0.2, -0.15) is 0 Å². The second-order valence-electron chi connectivity index (χ2n) is 3.46. The van der Waals surface area contributed by atoms with E-state index in [0.717, 1.165) is 18.6 Å². The van der Waals surface area contributed by atoms with Crippen LogP contribution in [0.5, 0.6) is 11.5 Å². The summed E-state index contributed by atoms with van der Waals surface area (Å²) in [5, 5.41) is 9.53. The van der Waals surface area contributed by atoms with Crippen LogP contribution in [0.15, 0.2) is 12.1 Å². The van der Waals surface area contributed by atoms with E-state index in [-0.39, 0.29) is 23.7 Å². The van der Waals surface area contributed by atoms with Crippen molar-refractivity contribution in [3.05, 3.63) is 23.5 Å². The van der Waals surface area contributed by atoms with Gasteiger partial charge in [0.25, 0.3) is 0 Å². The smallest absolute Gasteiger partial charge is 0.345 e. The van der Waals surface area contributed by atoms with Gasteiger partial charge in [0.05, 0.1) is 13.7 Å². The van der Waals surface area contributed by atoms with Crippen molar-refractivity contribution in [3.8, 4) is 11.5 Å². The van der Waals surface area contributed by atoms with E-state index in [9.17, 15) is 14.3 Å². The molecule has 0 spiro atoms. The van der Waals surface area contributed by atoms with Gasteiger partial charge in [-0.25, -0.2) is 9.18 Å². The van der Waals surface area contributed by atoms with Crippen molar-refractivity contribution in [1.29, 1.82) is 0 Å². The van der Waals surface area contributed by atoms with E-state index in [1.54, 1.807) is 0 Å². The molecule has 0 unspecified atom stereocenters. The molecule has 0 aliphatic rings. The summed E-state index contributed by atoms with van der Waals surface area (Å²) in [6.45, 7) is 2.18. The number of phenols is 1. The van der Waals surface area contributed by atoms with Crippen molar-refractivity contribution in [2.75, 3.05) is 13.7 Å². The second kappa shape index (κ2) is 6.08. The van der Waals surface area contributed by atoms with E-state index in [2.05, 4.69) is 0 Å². The largest absolute Gasteiger partial charge is 0.507 e. The van der Waals surface area contributed by atoms with Crippen LogP contribution in [0.1, 0.15) is 30.1 Å². The Labute approximate surface area is 99.0 Å². The minimum Gasteiger partial charge on any atom is -0.507 e. The molecule has 1 N–H and O–H groups in total. The maximum atomic E-state index is 13.3. The van der Waals surface area contributed by atoms with E-state index in [4.69, 9.17) is 9.47 Å². The van der Waals surface area contributed by atoms with Crippen molar-refractivity contribution in [3.63, 3.8) is 0 Å². The minimum atomic E-state index is -0.785. The normalized spacial score (nSPS) is 10.1. The highest BCUT2D eigenvalue weighted by Crippen LogP contribution is 2.31. The molecule has 4 nitrogen and oxygen atoms in total. The highest BCUT2D eigenvalue weighted by Gasteiger charge is 2.22. The zero-order chi connectivity index (χ0) is 12.8. The monoisotopic (exact) mass is 242 g/mol. The molecule has 0 saturated carbocycles. The van der Waals surface area contributed by atoms with Crippen molar-refractivity contribution in [1.82, 2.24) is 0 Å². The van der Waals surface area contributed by atoms with Gasteiger partial charge in [0.1, 0.15) is 11.3 Å². The van der Waals surface area contributed by atoms with Gasteiger partial charge in [-0.3, -0.25) is 0 Å². The third-order valence-corrected chi connectivity index (χ3v) is 2.23. The number of hydrogen-bond acceptors (Lipinski definition) is 4. The Morgan fingerprint density at radius 3 is 2.76 bits per heavy atom. The Balaban J connectivity index is 2.95. The van der Waals surface area contributed by atoms with Crippen molar-refractivity contribution >= 4 is 5.97 Å². The first-order chi connectivity index (χ1) is 8.11. The number of carbonyl (C=O) groups is 1. The van der Waals surface area contributed by atoms with Gasteiger partial charge in [0.2, 0.25) is 0 Å². The molecule has 0 fully saturated rings. The topological polar surface area (TPSA) is 55.8 Å². The number of benzene rings is 1. The molecule has 5 heteroatoms. The maximum Gasteiger partial charge on any atom is 0.345 e. The molecule has 0 bridgehead atoms. The van der Waals surface area contributed by atoms with Gasteiger partial charge >= 0.3 is 5.97 Å². The first-order valence-electron chi connectivity index (χ1n) is 5.34. The number of phenolic OH excluding ortho intramolecular Hbond substituents is 1. The molecule has 0 radical (unpaired) electrons. The molecule has 1 rings (SSSR count). The fourth-order valence-corrected chi connectivity index (χ4v) is 1.33. The minimum absolute atomic E-state index is 0.231. The van der Waals surface area contributed by atoms with E-state index in [1.807, 2.05) is 6.92 Å². The van der Waals surface area contributed by atoms with Crippen LogP contribution >= 0.6 is 0 Å². The number of carbonyl (C=O) groups excluding carboxylic acids is 1. The van der Waals surface area contributed by atoms with E-state index < -0.39 is 11.8 Å². The number of hydrogen-bond donors (Lipinski definition) is 1. The molecule has 0 heterocycles. The van der Waals surface area contributed by atoms with Gasteiger partial charge in [0.15, 0.2) is 11.6 Å². The van der Waals surface area contributed by atoms with Crippen LogP contribution in [0.3, 0.4) is 0 Å². The molecule has 1 aromatic carbocycles. The summed E-state index contributed by atoms with van der Waals surface area (Å²) >= 11 is 0. The summed E-state index contributed by atoms with van der Waals surface area (Å²) in [6.07, 6.45) is 1.59. The summed E-state index contributed by atoms with van der Waals surface area (Å²) in [5.41, 5.74) is -0.274. The van der Waals surface area contributed by atoms with Gasteiger partial charge in [-0.15, -0.1) is 0 Å². The lowest BCUT2D eigenvalue weighted by Crippen LogP contribution is -2.09. The third-order valence-electron chi connectivity index (χ3n) is 2.23. The molecule has 17 heavy (non-hydrogen) atoms. The number of ether oxygens (including phenoxy) is 2. The molecular formula is C12H15FO4. The molecule has 0 saturated heterocycles. The summed E-state index contributed by atoms with van der Waals surface area (Å²) in [7, 11) is 1.22. The van der Waals surface area contributed by atoms with E-state index >= 15 is 0 Å². The highest BCUT2D eigenvalue weighted by atomic mass is 19.1. The SMILES string of the molecule is CCCCOC(=O)c1c(O)ccc(F)c1OC. The van der Waals surface area contributed by atoms with E-state index in [0.29, 0.717) is 6.42 Å². The quantitative estimate of drug-likeness (QED) is 0.636. The maximum absolute atomic E-state index is 13.3. The molecule has 0 aromatic heterocycles. The van der Waals surface area contributed by atoms with Gasteiger partial charge in [-0.05, 0) is 18.6 Å². The molecule has 1 aromatic rings. The van der Waals surface area contributed by atoms with Crippen molar-refractivity contribution in [2.24, 2.45) is 0 Å². The molecule has 0 amide bonds. The lowest BCUT2D eigenvalue weighted by molar-refractivity contribution is 0.0491. The number of unbranched alkanes of at least 4 members (excludes halogenated alkanes) is 1. The van der Waals surface area contributed by atoms with Crippen LogP contribution in [0.2, 0.25) is 0 Å². The van der Waals surface area contributed by atoms with Crippen LogP contribution in [-0.2, 0) is 4.74 Å². The number of esters is 1. The fourth-order valence-electron chi connectivity index (χ4n) is 1.33. The fraction of sp³-hybridized carbons (Fsp3) is 0.417. The van der Waals surface area contributed by atoms with Crippen LogP contribution in [0.25, 0.3) is 0 Å². The van der Waals surface area contributed by atoms with Crippen molar-refractivity contribution in [2.45, 2.75) is 19.8 Å². The lowest BCUT2D eigenvalue weighted by atomic mass is 10.1. The number of halogens is 1. The number of methoxy groups -OCH3 is 1. The van der Waals surface area contributed by atoms with Crippen molar-refractivity contribution < 1.29 is 23.8 Å². The summed E-state index contributed by atoms with van der Waals surface area (Å²) in [6, 6.07) is 2.12. The summed E-state index contributed by atoms with van der Waals surface area (Å²) in [5.74, 6) is -2.16. The Kier molecular flexibility index (Phi) is 4.75. The Hall–Kier alpha value is -1.78. The Bertz CT molecular complexity index is 404. The average Bonchev–Trinajstić information content (AvgIpc) is 2.31. The average molecular weight is 242 g/mol. The predicted octanol–water partition coefficient (Wildman–Crippen LogP) is 2.50. The Morgan fingerprint density at radius 1 is 1.47 bits per heavy atom. The van der Waals surface area contributed by atoms with E-state index in [1.165, 1.54) is 7.11 Å². The highest BCUT2D eigenvalue weighted by molar-refractivity contribution is 5.95. The molecule has 94 valence electrons. The van der Waals surface area contributed by atoms with Gasteiger partial charge in [0, 0.05) is 0 Å². The first-order valence-corrected chi connectivity index (χ1v) is 5.34. The zero-order valence-corrected chi connectivity index (χ0v) is 9.83. The third kappa shape index (κ3) is 3.09.